The van der Waals surface area contributed by atoms with Gasteiger partial charge < -0.3 is 14.4 Å². The number of phenols is 1. The van der Waals surface area contributed by atoms with E-state index in [9.17, 15) is 9.67 Å². The molecule has 2 aliphatic rings. The first kappa shape index (κ1) is 17.8. The number of benzene rings is 2. The predicted molar refractivity (Wildman–Crippen MR) is 104 cm³/mol. The van der Waals surface area contributed by atoms with Gasteiger partial charge in [-0.05, 0) is 55.0 Å². The van der Waals surface area contributed by atoms with Gasteiger partial charge in [0.05, 0.1) is 19.0 Å². The Morgan fingerprint density at radius 3 is 2.50 bits per heavy atom. The van der Waals surface area contributed by atoms with Crippen molar-refractivity contribution in [2.24, 2.45) is 0 Å². The molecule has 0 radical (unpaired) electrons. The van der Waals surface area contributed by atoms with Crippen molar-refractivity contribution in [2.75, 3.05) is 32.7 Å². The lowest BCUT2D eigenvalue weighted by Gasteiger charge is -2.40. The molecule has 0 saturated carbocycles. The zero-order valence-corrected chi connectivity index (χ0v) is 16.3. The number of hydrogen-bond donors (Lipinski definition) is 1. The molecule has 138 valence electrons. The van der Waals surface area contributed by atoms with Gasteiger partial charge in [0.15, 0.2) is 0 Å². The van der Waals surface area contributed by atoms with E-state index >= 15 is 0 Å². The van der Waals surface area contributed by atoms with Crippen molar-refractivity contribution in [1.82, 2.24) is 4.90 Å². The monoisotopic (exact) mass is 371 g/mol. The highest BCUT2D eigenvalue weighted by Crippen LogP contribution is 2.52. The lowest BCUT2D eigenvalue weighted by atomic mass is 9.83. The summed E-state index contributed by atoms with van der Waals surface area (Å²) in [6, 6.07) is 15.8. The van der Waals surface area contributed by atoms with Gasteiger partial charge in [-0.1, -0.05) is 36.4 Å². The van der Waals surface area contributed by atoms with Crippen LogP contribution >= 0.6 is 7.14 Å². The third-order valence-electron chi connectivity index (χ3n) is 5.46. The van der Waals surface area contributed by atoms with Gasteiger partial charge in [-0.3, -0.25) is 4.90 Å². The molecule has 1 saturated heterocycles. The van der Waals surface area contributed by atoms with Crippen molar-refractivity contribution in [2.45, 2.75) is 24.5 Å². The van der Waals surface area contributed by atoms with Crippen molar-refractivity contribution in [3.8, 4) is 5.75 Å². The van der Waals surface area contributed by atoms with E-state index in [1.54, 1.807) is 6.07 Å². The minimum Gasteiger partial charge on any atom is -0.508 e. The minimum atomic E-state index is -2.06. The van der Waals surface area contributed by atoms with Crippen LogP contribution in [0.4, 0.5) is 0 Å². The molecule has 5 heteroatoms. The first-order valence-electron chi connectivity index (χ1n) is 9.19. The molecule has 1 N–H and O–H groups in total. The maximum atomic E-state index is 12.2. The van der Waals surface area contributed by atoms with Crippen LogP contribution in [0, 0.1) is 0 Å². The third-order valence-corrected chi connectivity index (χ3v) is 6.54. The number of piperidine rings is 1. The summed E-state index contributed by atoms with van der Waals surface area (Å²) in [6.45, 7) is 5.47. The molecule has 26 heavy (non-hydrogen) atoms. The lowest BCUT2D eigenvalue weighted by molar-refractivity contribution is -0.0950. The Labute approximate surface area is 155 Å². The highest BCUT2D eigenvalue weighted by Gasteiger charge is 2.47. The number of hydrogen-bond acceptors (Lipinski definition) is 4. The van der Waals surface area contributed by atoms with E-state index in [-0.39, 0.29) is 17.5 Å². The molecule has 1 fully saturated rings. The van der Waals surface area contributed by atoms with E-state index in [0.717, 1.165) is 37.1 Å². The lowest BCUT2D eigenvalue weighted by Crippen LogP contribution is -2.42. The maximum absolute atomic E-state index is 12.2. The van der Waals surface area contributed by atoms with E-state index in [2.05, 4.69) is 17.0 Å². The van der Waals surface area contributed by atoms with Crippen LogP contribution in [0.2, 0.25) is 0 Å². The molecule has 0 aliphatic carbocycles. The number of rotatable bonds is 3. The van der Waals surface area contributed by atoms with Crippen molar-refractivity contribution in [1.29, 1.82) is 0 Å². The summed E-state index contributed by atoms with van der Waals surface area (Å²) in [4.78, 5) is 2.30. The normalized spacial score (nSPS) is 22.5. The van der Waals surface area contributed by atoms with Crippen LogP contribution in [0.3, 0.4) is 0 Å². The van der Waals surface area contributed by atoms with Crippen LogP contribution in [0.5, 0.6) is 5.75 Å². The molecule has 4 rings (SSSR count). The summed E-state index contributed by atoms with van der Waals surface area (Å²) in [6.07, 6.45) is 2.30. The quantitative estimate of drug-likeness (QED) is 0.814. The van der Waals surface area contributed by atoms with Gasteiger partial charge in [-0.15, -0.1) is 0 Å². The van der Waals surface area contributed by atoms with Crippen LogP contribution in [-0.4, -0.2) is 42.7 Å². The first-order chi connectivity index (χ1) is 12.4. The standard InChI is InChI=1S/C21H26NO3P/c1-26(2,24)15-22-12-10-21(11-13-22)19-9-8-17(23)14-18(19)20(25-21)16-6-4-3-5-7-16/h3-9,14,20,23H,10-13,15H2,1-2H3. The molecule has 1 atom stereocenters. The molecule has 0 bridgehead atoms. The van der Waals surface area contributed by atoms with Gasteiger partial charge >= 0.3 is 0 Å². The zero-order valence-electron chi connectivity index (χ0n) is 15.4. The summed E-state index contributed by atoms with van der Waals surface area (Å²) in [5, 5.41) is 10.0. The SMILES string of the molecule is CP(C)(=O)CN1CCC2(CC1)OC(c1ccccc1)c1cc(O)ccc12. The van der Waals surface area contributed by atoms with Gasteiger partial charge in [0.2, 0.25) is 0 Å². The van der Waals surface area contributed by atoms with E-state index in [1.807, 2.05) is 43.7 Å². The zero-order chi connectivity index (χ0) is 18.4. The second-order valence-corrected chi connectivity index (χ2v) is 11.4. The molecule has 2 aliphatic heterocycles. The van der Waals surface area contributed by atoms with Crippen LogP contribution in [-0.2, 0) is 14.9 Å². The summed E-state index contributed by atoms with van der Waals surface area (Å²) in [7, 11) is -2.06. The smallest absolute Gasteiger partial charge is 0.115 e. The highest BCUT2D eigenvalue weighted by molar-refractivity contribution is 7.62. The van der Waals surface area contributed by atoms with Gasteiger partial charge in [-0.2, -0.15) is 0 Å². The van der Waals surface area contributed by atoms with E-state index in [1.165, 1.54) is 5.56 Å². The number of fused-ring (bicyclic) bond motifs is 2. The minimum absolute atomic E-state index is 0.145. The molecular formula is C21H26NO3P. The van der Waals surface area contributed by atoms with Crippen molar-refractivity contribution < 1.29 is 14.4 Å². The fraction of sp³-hybridized carbons (Fsp3) is 0.429. The van der Waals surface area contributed by atoms with Crippen molar-refractivity contribution in [3.05, 3.63) is 65.2 Å². The van der Waals surface area contributed by atoms with Gasteiger partial charge in [0.25, 0.3) is 0 Å². The van der Waals surface area contributed by atoms with Gasteiger partial charge in [0, 0.05) is 13.1 Å². The summed E-state index contributed by atoms with van der Waals surface area (Å²) < 4.78 is 18.8. The number of phenolic OH excluding ortho intramolecular Hbond substituents is 1. The van der Waals surface area contributed by atoms with E-state index < -0.39 is 7.14 Å². The van der Waals surface area contributed by atoms with Crippen LogP contribution in [0.1, 0.15) is 35.6 Å². The molecular weight excluding hydrogens is 345 g/mol. The predicted octanol–water partition coefficient (Wildman–Crippen LogP) is 4.38. The maximum Gasteiger partial charge on any atom is 0.115 e. The Hall–Kier alpha value is -1.61. The summed E-state index contributed by atoms with van der Waals surface area (Å²) >= 11 is 0. The fourth-order valence-corrected chi connectivity index (χ4v) is 5.58. The Bertz CT molecular complexity index is 838. The topological polar surface area (TPSA) is 49.8 Å². The number of likely N-dealkylation sites (tertiary alicyclic amines) is 1. The molecule has 0 amide bonds. The Balaban J connectivity index is 1.64. The Morgan fingerprint density at radius 2 is 1.85 bits per heavy atom. The van der Waals surface area contributed by atoms with Crippen molar-refractivity contribution in [3.63, 3.8) is 0 Å². The summed E-state index contributed by atoms with van der Waals surface area (Å²) in [5.41, 5.74) is 3.07. The van der Waals surface area contributed by atoms with Crippen LogP contribution in [0.25, 0.3) is 0 Å². The summed E-state index contributed by atoms with van der Waals surface area (Å²) in [5.74, 6) is 0.278. The van der Waals surface area contributed by atoms with Crippen molar-refractivity contribution >= 4 is 7.14 Å². The van der Waals surface area contributed by atoms with E-state index in [4.69, 9.17) is 4.74 Å². The van der Waals surface area contributed by atoms with E-state index in [0.29, 0.717) is 6.29 Å². The average molecular weight is 371 g/mol. The first-order valence-corrected chi connectivity index (χ1v) is 12.0. The second-order valence-electron chi connectivity index (χ2n) is 8.01. The molecule has 2 heterocycles. The van der Waals surface area contributed by atoms with Crippen LogP contribution in [0.15, 0.2) is 48.5 Å². The Morgan fingerprint density at radius 1 is 1.15 bits per heavy atom. The van der Waals surface area contributed by atoms with Crippen LogP contribution < -0.4 is 0 Å². The van der Waals surface area contributed by atoms with Gasteiger partial charge in [0.1, 0.15) is 11.9 Å². The molecule has 1 unspecified atom stereocenters. The largest absolute Gasteiger partial charge is 0.508 e. The molecule has 2 aromatic carbocycles. The second kappa shape index (κ2) is 6.53. The molecule has 4 nitrogen and oxygen atoms in total. The molecule has 1 spiro atoms. The van der Waals surface area contributed by atoms with Gasteiger partial charge in [-0.25, -0.2) is 0 Å². The highest BCUT2D eigenvalue weighted by atomic mass is 31.2. The molecule has 2 aromatic rings. The number of nitrogens with zero attached hydrogens (tertiary/aromatic N) is 1. The average Bonchev–Trinajstić information content (AvgIpc) is 2.90. The number of ether oxygens (including phenoxy) is 1. The fourth-order valence-electron chi connectivity index (χ4n) is 4.33. The third kappa shape index (κ3) is 3.34. The Kier molecular flexibility index (Phi) is 4.46. The number of aromatic hydroxyl groups is 1. The molecule has 0 aromatic heterocycles.